The Balaban J connectivity index is 2.15. The average molecular weight is 343 g/mol. The first-order valence-corrected chi connectivity index (χ1v) is 8.28. The molecule has 2 nitrogen and oxygen atoms in total. The van der Waals surface area contributed by atoms with Gasteiger partial charge >= 0.3 is 0 Å². The highest BCUT2D eigenvalue weighted by molar-refractivity contribution is 9.10. The molecule has 2 atom stereocenters. The predicted octanol–water partition coefficient (Wildman–Crippen LogP) is 3.97. The zero-order chi connectivity index (χ0) is 14.5. The number of benzene rings is 1. The summed E-state index contributed by atoms with van der Waals surface area (Å²) in [5.74, 6) is 0.408. The van der Waals surface area contributed by atoms with Crippen molar-refractivity contribution in [1.82, 2.24) is 10.2 Å². The molecule has 0 amide bonds. The molecule has 1 aliphatic rings. The van der Waals surface area contributed by atoms with E-state index in [4.69, 9.17) is 0 Å². The Morgan fingerprint density at radius 3 is 2.95 bits per heavy atom. The third kappa shape index (κ3) is 3.80. The minimum absolute atomic E-state index is 0.187. The molecule has 0 bridgehead atoms. The van der Waals surface area contributed by atoms with Gasteiger partial charge in [0.2, 0.25) is 0 Å². The summed E-state index contributed by atoms with van der Waals surface area (Å²) in [6.07, 6.45) is 3.64. The number of likely N-dealkylation sites (tertiary alicyclic amines) is 1. The fourth-order valence-electron chi connectivity index (χ4n) is 3.16. The van der Waals surface area contributed by atoms with Gasteiger partial charge in [-0.2, -0.15) is 0 Å². The first kappa shape index (κ1) is 15.9. The molecule has 1 heterocycles. The Morgan fingerprint density at radius 2 is 2.25 bits per heavy atom. The maximum absolute atomic E-state index is 13.4. The number of nitrogens with one attached hydrogen (secondary N) is 1. The van der Waals surface area contributed by atoms with Gasteiger partial charge in [-0.25, -0.2) is 4.39 Å². The smallest absolute Gasteiger partial charge is 0.137 e. The van der Waals surface area contributed by atoms with Crippen molar-refractivity contribution in [2.45, 2.75) is 32.2 Å². The average Bonchev–Trinajstić information content (AvgIpc) is 2.43. The van der Waals surface area contributed by atoms with Crippen molar-refractivity contribution >= 4 is 15.9 Å². The van der Waals surface area contributed by atoms with Gasteiger partial charge in [0.25, 0.3) is 0 Å². The topological polar surface area (TPSA) is 15.3 Å². The van der Waals surface area contributed by atoms with E-state index in [9.17, 15) is 4.39 Å². The van der Waals surface area contributed by atoms with E-state index in [1.807, 2.05) is 12.1 Å². The van der Waals surface area contributed by atoms with Crippen LogP contribution < -0.4 is 5.32 Å². The summed E-state index contributed by atoms with van der Waals surface area (Å²) in [5, 5.41) is 3.54. The summed E-state index contributed by atoms with van der Waals surface area (Å²) in [6.45, 7) is 5.41. The normalized spacial score (nSPS) is 24.0. The zero-order valence-electron chi connectivity index (χ0n) is 12.3. The van der Waals surface area contributed by atoms with Crippen molar-refractivity contribution in [2.24, 2.45) is 5.92 Å². The zero-order valence-corrected chi connectivity index (χ0v) is 13.9. The largest absolute Gasteiger partial charge is 0.316 e. The second kappa shape index (κ2) is 7.53. The van der Waals surface area contributed by atoms with Gasteiger partial charge in [-0.15, -0.1) is 0 Å². The number of rotatable bonds is 5. The van der Waals surface area contributed by atoms with E-state index in [2.05, 4.69) is 40.1 Å². The molecule has 4 heteroatoms. The van der Waals surface area contributed by atoms with E-state index in [-0.39, 0.29) is 5.82 Å². The highest BCUT2D eigenvalue weighted by atomic mass is 79.9. The van der Waals surface area contributed by atoms with Crippen molar-refractivity contribution < 1.29 is 4.39 Å². The molecule has 0 aliphatic carbocycles. The van der Waals surface area contributed by atoms with Crippen molar-refractivity contribution in [1.29, 1.82) is 0 Å². The Hall–Kier alpha value is -0.450. The van der Waals surface area contributed by atoms with Crippen molar-refractivity contribution in [3.63, 3.8) is 0 Å². The standard InChI is InChI=1S/C16H24BrFN2/c1-3-8-19-11-13-5-4-9-20(2)16(13)12-6-7-15(18)14(17)10-12/h6-7,10,13,16,19H,3-5,8-9,11H2,1-2H3. The monoisotopic (exact) mass is 342 g/mol. The molecule has 0 radical (unpaired) electrons. The van der Waals surface area contributed by atoms with E-state index in [0.717, 1.165) is 26.1 Å². The molecule has 0 aromatic heterocycles. The Kier molecular flexibility index (Phi) is 6.00. The van der Waals surface area contributed by atoms with Crippen LogP contribution in [0.1, 0.15) is 37.8 Å². The van der Waals surface area contributed by atoms with Crippen LogP contribution in [-0.4, -0.2) is 31.6 Å². The minimum atomic E-state index is -0.187. The highest BCUT2D eigenvalue weighted by Gasteiger charge is 2.30. The molecule has 1 fully saturated rings. The number of halogens is 2. The molecule has 2 unspecified atom stereocenters. The number of nitrogens with zero attached hydrogens (tertiary/aromatic N) is 1. The van der Waals surface area contributed by atoms with Crippen LogP contribution in [0.25, 0.3) is 0 Å². The molecule has 1 aromatic rings. The summed E-state index contributed by atoms with van der Waals surface area (Å²) >= 11 is 3.31. The molecular formula is C16H24BrFN2. The highest BCUT2D eigenvalue weighted by Crippen LogP contribution is 2.36. The van der Waals surface area contributed by atoms with Gasteiger partial charge in [0.05, 0.1) is 4.47 Å². The van der Waals surface area contributed by atoms with Crippen LogP contribution in [-0.2, 0) is 0 Å². The van der Waals surface area contributed by atoms with E-state index in [1.54, 1.807) is 6.07 Å². The summed E-state index contributed by atoms with van der Waals surface area (Å²) in [6, 6.07) is 5.82. The van der Waals surface area contributed by atoms with Crippen molar-refractivity contribution in [3.05, 3.63) is 34.1 Å². The second-order valence-corrected chi connectivity index (χ2v) is 6.56. The quantitative estimate of drug-likeness (QED) is 0.814. The molecule has 1 aliphatic heterocycles. The molecule has 2 rings (SSSR count). The second-order valence-electron chi connectivity index (χ2n) is 5.71. The third-order valence-electron chi connectivity index (χ3n) is 4.13. The van der Waals surface area contributed by atoms with E-state index < -0.39 is 0 Å². The van der Waals surface area contributed by atoms with E-state index in [1.165, 1.54) is 18.4 Å². The molecule has 0 saturated carbocycles. The molecule has 0 spiro atoms. The molecular weight excluding hydrogens is 319 g/mol. The number of piperidine rings is 1. The lowest BCUT2D eigenvalue weighted by Crippen LogP contribution is -2.40. The summed E-state index contributed by atoms with van der Waals surface area (Å²) in [7, 11) is 2.17. The van der Waals surface area contributed by atoms with Gasteiger partial charge in [0, 0.05) is 6.04 Å². The SMILES string of the molecule is CCCNCC1CCCN(C)C1c1ccc(F)c(Br)c1. The molecule has 1 N–H and O–H groups in total. The Morgan fingerprint density at radius 1 is 1.45 bits per heavy atom. The molecule has 112 valence electrons. The summed E-state index contributed by atoms with van der Waals surface area (Å²) in [4.78, 5) is 2.40. The maximum Gasteiger partial charge on any atom is 0.137 e. The Labute approximate surface area is 129 Å². The van der Waals surface area contributed by atoms with Crippen molar-refractivity contribution in [2.75, 3.05) is 26.7 Å². The minimum Gasteiger partial charge on any atom is -0.316 e. The van der Waals surface area contributed by atoms with Gasteiger partial charge in [-0.3, -0.25) is 4.90 Å². The summed E-state index contributed by atoms with van der Waals surface area (Å²) in [5.41, 5.74) is 1.21. The van der Waals surface area contributed by atoms with Gasteiger partial charge in [0.1, 0.15) is 5.82 Å². The molecule has 1 aromatic carbocycles. The van der Waals surface area contributed by atoms with Crippen LogP contribution in [0.2, 0.25) is 0 Å². The van der Waals surface area contributed by atoms with Crippen LogP contribution in [0.15, 0.2) is 22.7 Å². The first-order valence-electron chi connectivity index (χ1n) is 7.49. The van der Waals surface area contributed by atoms with E-state index >= 15 is 0 Å². The van der Waals surface area contributed by atoms with Gasteiger partial charge in [-0.05, 0) is 85.5 Å². The van der Waals surface area contributed by atoms with Crippen LogP contribution in [0, 0.1) is 11.7 Å². The fraction of sp³-hybridized carbons (Fsp3) is 0.625. The van der Waals surface area contributed by atoms with Crippen LogP contribution in [0.5, 0.6) is 0 Å². The third-order valence-corrected chi connectivity index (χ3v) is 4.73. The van der Waals surface area contributed by atoms with Gasteiger partial charge in [0.15, 0.2) is 0 Å². The molecule has 20 heavy (non-hydrogen) atoms. The lowest BCUT2D eigenvalue weighted by atomic mass is 9.85. The fourth-order valence-corrected chi connectivity index (χ4v) is 3.56. The first-order chi connectivity index (χ1) is 9.63. The van der Waals surface area contributed by atoms with Gasteiger partial charge in [-0.1, -0.05) is 13.0 Å². The lowest BCUT2D eigenvalue weighted by molar-refractivity contribution is 0.119. The number of hydrogen-bond acceptors (Lipinski definition) is 2. The van der Waals surface area contributed by atoms with E-state index in [0.29, 0.717) is 16.4 Å². The maximum atomic E-state index is 13.4. The van der Waals surface area contributed by atoms with Crippen LogP contribution in [0.4, 0.5) is 4.39 Å². The lowest BCUT2D eigenvalue weighted by Gasteiger charge is -2.40. The van der Waals surface area contributed by atoms with Crippen LogP contribution in [0.3, 0.4) is 0 Å². The molecule has 1 saturated heterocycles. The summed E-state index contributed by atoms with van der Waals surface area (Å²) < 4.78 is 14.0. The van der Waals surface area contributed by atoms with Crippen LogP contribution >= 0.6 is 15.9 Å². The van der Waals surface area contributed by atoms with Gasteiger partial charge < -0.3 is 5.32 Å². The number of hydrogen-bond donors (Lipinski definition) is 1. The van der Waals surface area contributed by atoms with Crippen molar-refractivity contribution in [3.8, 4) is 0 Å². The predicted molar refractivity (Wildman–Crippen MR) is 85.4 cm³/mol. The Bertz CT molecular complexity index is 438.